The first kappa shape index (κ1) is 17.4. The molecule has 134 valence electrons. The molecule has 0 aliphatic carbocycles. The summed E-state index contributed by atoms with van der Waals surface area (Å²) in [5.74, 6) is -0.616. The number of H-pyrrole nitrogens is 1. The fourth-order valence-corrected chi connectivity index (χ4v) is 4.26. The third-order valence-electron chi connectivity index (χ3n) is 5.83. The van der Waals surface area contributed by atoms with Crippen molar-refractivity contribution in [3.8, 4) is 0 Å². The molecule has 1 aromatic heterocycles. The van der Waals surface area contributed by atoms with Crippen LogP contribution in [0.15, 0.2) is 6.07 Å². The molecule has 2 atom stereocenters. The largest absolute Gasteiger partial charge is 0.481 e. The number of carboxylic acid groups (broad SMARTS) is 1. The Balaban J connectivity index is 1.72. The lowest BCUT2D eigenvalue weighted by molar-refractivity contribution is -0.162. The first-order chi connectivity index (χ1) is 11.2. The van der Waals surface area contributed by atoms with Crippen molar-refractivity contribution in [2.24, 2.45) is 5.41 Å². The number of nitrogens with one attached hydrogen (secondary N) is 1. The lowest BCUT2D eigenvalue weighted by atomic mass is 9.68. The third kappa shape index (κ3) is 3.09. The minimum absolute atomic E-state index is 0.0404. The SMILES string of the molecule is CN1CCC[C@]2(C(=O)O)CCN(Cc3cc(C(C)(C)C)n[nH]3)C[C@@H]12. The molecule has 0 spiro atoms. The number of fused-ring (bicyclic) bond motifs is 1. The molecule has 2 N–H and O–H groups in total. The van der Waals surface area contributed by atoms with E-state index in [-0.39, 0.29) is 11.5 Å². The highest BCUT2D eigenvalue weighted by atomic mass is 16.4. The van der Waals surface area contributed by atoms with Gasteiger partial charge in [0, 0.05) is 30.2 Å². The van der Waals surface area contributed by atoms with Gasteiger partial charge in [0.05, 0.1) is 11.1 Å². The van der Waals surface area contributed by atoms with Crippen LogP contribution in [0.4, 0.5) is 0 Å². The van der Waals surface area contributed by atoms with Crippen molar-refractivity contribution in [1.82, 2.24) is 20.0 Å². The van der Waals surface area contributed by atoms with Crippen LogP contribution in [-0.4, -0.2) is 63.8 Å². The van der Waals surface area contributed by atoms with Crippen LogP contribution >= 0.6 is 0 Å². The molecule has 0 amide bonds. The zero-order chi connectivity index (χ0) is 17.5. The van der Waals surface area contributed by atoms with Gasteiger partial charge in [-0.15, -0.1) is 0 Å². The zero-order valence-corrected chi connectivity index (χ0v) is 15.3. The number of aromatic amines is 1. The Hall–Kier alpha value is -1.40. The molecule has 1 aromatic rings. The van der Waals surface area contributed by atoms with Gasteiger partial charge in [-0.3, -0.25) is 14.8 Å². The highest BCUT2D eigenvalue weighted by molar-refractivity contribution is 5.76. The smallest absolute Gasteiger partial charge is 0.311 e. The molecule has 3 heterocycles. The summed E-state index contributed by atoms with van der Waals surface area (Å²) in [5, 5.41) is 17.4. The number of nitrogens with zero attached hydrogens (tertiary/aromatic N) is 3. The molecule has 0 bridgehead atoms. The maximum absolute atomic E-state index is 12.0. The molecular formula is C18H30N4O2. The Morgan fingerprint density at radius 1 is 1.42 bits per heavy atom. The second kappa shape index (κ2) is 6.15. The number of carbonyl (C=O) groups is 1. The van der Waals surface area contributed by atoms with Crippen molar-refractivity contribution >= 4 is 5.97 Å². The van der Waals surface area contributed by atoms with E-state index in [1.807, 2.05) is 0 Å². The van der Waals surface area contributed by atoms with E-state index in [4.69, 9.17) is 0 Å². The molecule has 0 saturated carbocycles. The maximum atomic E-state index is 12.0. The zero-order valence-electron chi connectivity index (χ0n) is 15.3. The first-order valence-electron chi connectivity index (χ1n) is 8.93. The van der Waals surface area contributed by atoms with Gasteiger partial charge >= 0.3 is 5.97 Å². The summed E-state index contributed by atoms with van der Waals surface area (Å²) in [6.07, 6.45) is 2.52. The summed E-state index contributed by atoms with van der Waals surface area (Å²) < 4.78 is 0. The quantitative estimate of drug-likeness (QED) is 0.885. The molecule has 2 saturated heterocycles. The van der Waals surface area contributed by atoms with Gasteiger partial charge in [-0.25, -0.2) is 0 Å². The van der Waals surface area contributed by atoms with Crippen LogP contribution in [0.5, 0.6) is 0 Å². The van der Waals surface area contributed by atoms with Gasteiger partial charge in [-0.05, 0) is 45.5 Å². The molecule has 3 rings (SSSR count). The summed E-state index contributed by atoms with van der Waals surface area (Å²) >= 11 is 0. The van der Waals surface area contributed by atoms with E-state index in [2.05, 4.69) is 53.9 Å². The standard InChI is InChI=1S/C18H30N4O2/c1-17(2,3)14-10-13(19-20-14)11-22-9-7-18(16(23)24)6-5-8-21(4)15(18)12-22/h10,15H,5-9,11-12H2,1-4H3,(H,19,20)(H,23,24)/t15-,18+/m1/s1. The fraction of sp³-hybridized carbons (Fsp3) is 0.778. The van der Waals surface area contributed by atoms with Crippen LogP contribution < -0.4 is 0 Å². The summed E-state index contributed by atoms with van der Waals surface area (Å²) in [7, 11) is 2.07. The van der Waals surface area contributed by atoms with Gasteiger partial charge in [0.1, 0.15) is 0 Å². The molecule has 0 unspecified atom stereocenters. The minimum atomic E-state index is -0.616. The Kier molecular flexibility index (Phi) is 4.47. The summed E-state index contributed by atoms with van der Waals surface area (Å²) in [5.41, 5.74) is 1.66. The third-order valence-corrected chi connectivity index (χ3v) is 5.83. The molecule has 0 radical (unpaired) electrons. The number of hydrogen-bond acceptors (Lipinski definition) is 4. The van der Waals surface area contributed by atoms with E-state index < -0.39 is 11.4 Å². The highest BCUT2D eigenvalue weighted by Crippen LogP contribution is 2.42. The molecule has 6 nitrogen and oxygen atoms in total. The number of aromatic nitrogens is 2. The summed E-state index contributed by atoms with van der Waals surface area (Å²) in [6.45, 7) is 9.92. The highest BCUT2D eigenvalue weighted by Gasteiger charge is 2.52. The van der Waals surface area contributed by atoms with E-state index in [0.717, 1.165) is 56.8 Å². The maximum Gasteiger partial charge on any atom is 0.311 e. The van der Waals surface area contributed by atoms with Crippen LogP contribution in [-0.2, 0) is 16.8 Å². The van der Waals surface area contributed by atoms with E-state index in [9.17, 15) is 9.90 Å². The Morgan fingerprint density at radius 3 is 2.79 bits per heavy atom. The van der Waals surface area contributed by atoms with Crippen LogP contribution in [0.2, 0.25) is 0 Å². The lowest BCUT2D eigenvalue weighted by Gasteiger charge is -2.51. The summed E-state index contributed by atoms with van der Waals surface area (Å²) in [6, 6.07) is 2.24. The van der Waals surface area contributed by atoms with Crippen molar-refractivity contribution in [3.63, 3.8) is 0 Å². The van der Waals surface area contributed by atoms with Crippen LogP contribution in [0.1, 0.15) is 51.4 Å². The Morgan fingerprint density at radius 2 is 2.17 bits per heavy atom. The Labute approximate surface area is 144 Å². The number of likely N-dealkylation sites (N-methyl/N-ethyl adjacent to an activating group) is 1. The van der Waals surface area contributed by atoms with Gasteiger partial charge in [-0.1, -0.05) is 20.8 Å². The summed E-state index contributed by atoms with van der Waals surface area (Å²) in [4.78, 5) is 16.6. The number of piperidine rings is 2. The van der Waals surface area contributed by atoms with Crippen molar-refractivity contribution in [3.05, 3.63) is 17.5 Å². The van der Waals surface area contributed by atoms with Crippen LogP contribution in [0.3, 0.4) is 0 Å². The van der Waals surface area contributed by atoms with E-state index >= 15 is 0 Å². The second-order valence-electron chi connectivity index (χ2n) is 8.57. The van der Waals surface area contributed by atoms with E-state index in [1.54, 1.807) is 0 Å². The molecule has 6 heteroatoms. The number of rotatable bonds is 3. The van der Waals surface area contributed by atoms with Gasteiger partial charge < -0.3 is 10.0 Å². The number of carboxylic acids is 1. The van der Waals surface area contributed by atoms with E-state index in [0.29, 0.717) is 0 Å². The number of aliphatic carboxylic acids is 1. The monoisotopic (exact) mass is 334 g/mol. The average molecular weight is 334 g/mol. The van der Waals surface area contributed by atoms with Gasteiger partial charge in [0.15, 0.2) is 0 Å². The fourth-order valence-electron chi connectivity index (χ4n) is 4.26. The number of likely N-dealkylation sites (tertiary alicyclic amines) is 2. The van der Waals surface area contributed by atoms with Crippen molar-refractivity contribution in [1.29, 1.82) is 0 Å². The van der Waals surface area contributed by atoms with Gasteiger partial charge in [0.25, 0.3) is 0 Å². The van der Waals surface area contributed by atoms with Gasteiger partial charge in [0.2, 0.25) is 0 Å². The van der Waals surface area contributed by atoms with Gasteiger partial charge in [-0.2, -0.15) is 5.10 Å². The van der Waals surface area contributed by atoms with Crippen LogP contribution in [0, 0.1) is 5.41 Å². The molecule has 0 aromatic carbocycles. The molecule has 2 aliphatic heterocycles. The average Bonchev–Trinajstić information content (AvgIpc) is 2.97. The number of hydrogen-bond donors (Lipinski definition) is 2. The van der Waals surface area contributed by atoms with E-state index in [1.165, 1.54) is 0 Å². The predicted octanol–water partition coefficient (Wildman–Crippen LogP) is 2.08. The van der Waals surface area contributed by atoms with Crippen molar-refractivity contribution in [2.75, 3.05) is 26.7 Å². The first-order valence-corrected chi connectivity index (χ1v) is 8.93. The normalized spacial score (nSPS) is 29.4. The predicted molar refractivity (Wildman–Crippen MR) is 92.9 cm³/mol. The molecule has 24 heavy (non-hydrogen) atoms. The van der Waals surface area contributed by atoms with Crippen molar-refractivity contribution < 1.29 is 9.90 Å². The minimum Gasteiger partial charge on any atom is -0.481 e. The Bertz CT molecular complexity index is 606. The topological polar surface area (TPSA) is 72.5 Å². The van der Waals surface area contributed by atoms with Crippen molar-refractivity contribution in [2.45, 2.75) is 58.0 Å². The van der Waals surface area contributed by atoms with Crippen LogP contribution in [0.25, 0.3) is 0 Å². The molecular weight excluding hydrogens is 304 g/mol. The lowest BCUT2D eigenvalue weighted by Crippen LogP contribution is -2.62. The molecule has 2 aliphatic rings. The second-order valence-corrected chi connectivity index (χ2v) is 8.57. The molecule has 2 fully saturated rings.